The van der Waals surface area contributed by atoms with Gasteiger partial charge in [0.05, 0.1) is 11.8 Å². The molecule has 3 N–H and O–H groups in total. The lowest BCUT2D eigenvalue weighted by molar-refractivity contribution is -0.137. The summed E-state index contributed by atoms with van der Waals surface area (Å²) < 4.78 is 43.7. The van der Waals surface area contributed by atoms with E-state index in [0.717, 1.165) is 18.2 Å². The smallest absolute Gasteiger partial charge is 0.416 e. The molecule has 0 aliphatic rings. The fourth-order valence-electron chi connectivity index (χ4n) is 2.17. The van der Waals surface area contributed by atoms with Gasteiger partial charge in [0, 0.05) is 5.56 Å². The normalized spacial score (nSPS) is 14.0. The molecule has 1 aromatic carbocycles. The van der Waals surface area contributed by atoms with E-state index in [1.165, 1.54) is 19.3 Å². The fourth-order valence-corrected chi connectivity index (χ4v) is 2.17. The van der Waals surface area contributed by atoms with Crippen LogP contribution in [0.1, 0.15) is 34.2 Å². The van der Waals surface area contributed by atoms with Gasteiger partial charge in [-0.2, -0.15) is 13.2 Å². The predicted molar refractivity (Wildman–Crippen MR) is 78.9 cm³/mol. The maximum absolute atomic E-state index is 12.9. The van der Waals surface area contributed by atoms with Crippen molar-refractivity contribution in [1.82, 2.24) is 5.32 Å². The van der Waals surface area contributed by atoms with Gasteiger partial charge in [-0.3, -0.25) is 9.59 Å². The molecule has 8 heteroatoms. The number of carbonyl (C=O) groups excluding carboxylic acids is 2. The van der Waals surface area contributed by atoms with Crippen LogP contribution in [0.5, 0.6) is 0 Å². The van der Waals surface area contributed by atoms with E-state index in [-0.39, 0.29) is 11.3 Å². The number of aryl methyl sites for hydroxylation is 1. The second-order valence-corrected chi connectivity index (χ2v) is 5.45. The molecule has 2 rings (SSSR count). The first kappa shape index (κ1) is 17.6. The zero-order chi connectivity index (χ0) is 18.1. The number of nitrogens with one attached hydrogen (secondary N) is 1. The van der Waals surface area contributed by atoms with Crippen LogP contribution in [0.4, 0.5) is 13.2 Å². The summed E-state index contributed by atoms with van der Waals surface area (Å²) in [5, 5.41) is 2.36. The molecule has 1 unspecified atom stereocenters. The Kier molecular flexibility index (Phi) is 4.42. The van der Waals surface area contributed by atoms with Crippen LogP contribution in [0.3, 0.4) is 0 Å². The molecule has 0 radical (unpaired) electrons. The van der Waals surface area contributed by atoms with Crippen LogP contribution in [-0.2, 0) is 16.5 Å². The van der Waals surface area contributed by atoms with E-state index >= 15 is 0 Å². The van der Waals surface area contributed by atoms with Gasteiger partial charge >= 0.3 is 6.18 Å². The molecule has 1 aromatic heterocycles. The summed E-state index contributed by atoms with van der Waals surface area (Å²) in [4.78, 5) is 24.1. The number of amides is 2. The van der Waals surface area contributed by atoms with Crippen molar-refractivity contribution in [2.75, 3.05) is 0 Å². The molecule has 0 bridgehead atoms. The van der Waals surface area contributed by atoms with Crippen LogP contribution < -0.4 is 11.1 Å². The molecule has 0 fully saturated rings. The maximum atomic E-state index is 12.9. The average Bonchev–Trinajstić information content (AvgIpc) is 2.92. The van der Waals surface area contributed by atoms with E-state index < -0.39 is 29.1 Å². The first-order valence-corrected chi connectivity index (χ1v) is 6.90. The van der Waals surface area contributed by atoms with Crippen molar-refractivity contribution in [3.63, 3.8) is 0 Å². The molecule has 128 valence electrons. The van der Waals surface area contributed by atoms with Gasteiger partial charge in [0.2, 0.25) is 5.91 Å². The molecule has 2 aromatic rings. The highest BCUT2D eigenvalue weighted by Gasteiger charge is 2.38. The number of carbonyl (C=O) groups is 2. The highest BCUT2D eigenvalue weighted by atomic mass is 19.4. The van der Waals surface area contributed by atoms with Crippen molar-refractivity contribution < 1.29 is 27.2 Å². The van der Waals surface area contributed by atoms with Crippen molar-refractivity contribution in [3.05, 3.63) is 59.0 Å². The minimum Gasteiger partial charge on any atom is -0.459 e. The Bertz CT molecular complexity index is 783. The van der Waals surface area contributed by atoms with Crippen molar-refractivity contribution in [2.45, 2.75) is 25.6 Å². The number of benzene rings is 1. The van der Waals surface area contributed by atoms with E-state index in [2.05, 4.69) is 5.32 Å². The lowest BCUT2D eigenvalue weighted by Gasteiger charge is -2.28. The third kappa shape index (κ3) is 3.27. The van der Waals surface area contributed by atoms with E-state index in [0.29, 0.717) is 5.56 Å². The van der Waals surface area contributed by atoms with Crippen molar-refractivity contribution in [2.24, 2.45) is 5.73 Å². The van der Waals surface area contributed by atoms with Gasteiger partial charge < -0.3 is 15.5 Å². The number of hydrogen-bond donors (Lipinski definition) is 2. The van der Waals surface area contributed by atoms with Crippen LogP contribution in [0.15, 0.2) is 41.0 Å². The van der Waals surface area contributed by atoms with Gasteiger partial charge in [0.25, 0.3) is 5.91 Å². The zero-order valence-electron chi connectivity index (χ0n) is 12.9. The molecule has 0 saturated heterocycles. The van der Waals surface area contributed by atoms with Crippen molar-refractivity contribution >= 4 is 11.8 Å². The van der Waals surface area contributed by atoms with Gasteiger partial charge in [0.15, 0.2) is 5.76 Å². The summed E-state index contributed by atoms with van der Waals surface area (Å²) in [6.45, 7) is 2.85. The lowest BCUT2D eigenvalue weighted by Crippen LogP contribution is -2.52. The molecule has 5 nitrogen and oxygen atoms in total. The number of hydrogen-bond acceptors (Lipinski definition) is 3. The van der Waals surface area contributed by atoms with E-state index in [1.54, 1.807) is 13.0 Å². The Morgan fingerprint density at radius 3 is 2.29 bits per heavy atom. The summed E-state index contributed by atoms with van der Waals surface area (Å²) >= 11 is 0. The lowest BCUT2D eigenvalue weighted by atomic mass is 9.89. The zero-order valence-corrected chi connectivity index (χ0v) is 12.9. The second kappa shape index (κ2) is 6.03. The number of alkyl halides is 3. The number of rotatable bonds is 4. The molecular weight excluding hydrogens is 325 g/mol. The highest BCUT2D eigenvalue weighted by molar-refractivity contribution is 5.98. The second-order valence-electron chi connectivity index (χ2n) is 5.45. The van der Waals surface area contributed by atoms with Crippen molar-refractivity contribution in [1.29, 1.82) is 0 Å². The van der Waals surface area contributed by atoms with Crippen molar-refractivity contribution in [3.8, 4) is 0 Å². The molecule has 0 aliphatic carbocycles. The molecule has 0 saturated carbocycles. The molecule has 0 spiro atoms. The van der Waals surface area contributed by atoms with Gasteiger partial charge in [0.1, 0.15) is 5.54 Å². The first-order chi connectivity index (χ1) is 11.1. The Morgan fingerprint density at radius 1 is 1.17 bits per heavy atom. The van der Waals surface area contributed by atoms with Crippen LogP contribution in [0.2, 0.25) is 0 Å². The summed E-state index contributed by atoms with van der Waals surface area (Å²) in [6, 6.07) is 5.61. The monoisotopic (exact) mass is 340 g/mol. The predicted octanol–water partition coefficient (Wildman–Crippen LogP) is 2.74. The minimum atomic E-state index is -4.59. The summed E-state index contributed by atoms with van der Waals surface area (Å²) in [5.41, 5.74) is 2.99. The Balaban J connectivity index is 2.43. The Labute approximate surface area is 135 Å². The van der Waals surface area contributed by atoms with E-state index in [9.17, 15) is 22.8 Å². The molecule has 2 amide bonds. The van der Waals surface area contributed by atoms with E-state index in [4.69, 9.17) is 10.2 Å². The SMILES string of the molecule is Cc1ccoc1C(=O)NC(C)(C(N)=O)c1cccc(C(F)(F)F)c1. The summed E-state index contributed by atoms with van der Waals surface area (Å²) in [6.07, 6.45) is -3.30. The summed E-state index contributed by atoms with van der Waals surface area (Å²) in [7, 11) is 0. The number of furan rings is 1. The molecule has 1 heterocycles. The first-order valence-electron chi connectivity index (χ1n) is 6.90. The molecule has 1 atom stereocenters. The van der Waals surface area contributed by atoms with Crippen LogP contribution >= 0.6 is 0 Å². The average molecular weight is 340 g/mol. The Morgan fingerprint density at radius 2 is 1.79 bits per heavy atom. The van der Waals surface area contributed by atoms with Crippen LogP contribution in [0.25, 0.3) is 0 Å². The third-order valence-corrected chi connectivity index (χ3v) is 3.69. The number of nitrogens with two attached hydrogens (primary N) is 1. The summed E-state index contributed by atoms with van der Waals surface area (Å²) in [5.74, 6) is -1.80. The molecular formula is C16H15F3N2O3. The Hall–Kier alpha value is -2.77. The third-order valence-electron chi connectivity index (χ3n) is 3.69. The topological polar surface area (TPSA) is 85.3 Å². The van der Waals surface area contributed by atoms with E-state index in [1.807, 2.05) is 0 Å². The van der Waals surface area contributed by atoms with Gasteiger partial charge in [-0.1, -0.05) is 12.1 Å². The molecule has 0 aliphatic heterocycles. The van der Waals surface area contributed by atoms with Crippen LogP contribution in [0, 0.1) is 6.92 Å². The van der Waals surface area contributed by atoms with Gasteiger partial charge in [-0.05, 0) is 37.6 Å². The maximum Gasteiger partial charge on any atom is 0.416 e. The molecule has 24 heavy (non-hydrogen) atoms. The number of halogens is 3. The number of primary amides is 1. The van der Waals surface area contributed by atoms with Gasteiger partial charge in [-0.25, -0.2) is 0 Å². The van der Waals surface area contributed by atoms with Gasteiger partial charge in [-0.15, -0.1) is 0 Å². The van der Waals surface area contributed by atoms with Crippen LogP contribution in [-0.4, -0.2) is 11.8 Å². The highest BCUT2D eigenvalue weighted by Crippen LogP contribution is 2.32. The largest absolute Gasteiger partial charge is 0.459 e. The fraction of sp³-hybridized carbons (Fsp3) is 0.250. The minimum absolute atomic E-state index is 0.0468. The standard InChI is InChI=1S/C16H15F3N2O3/c1-9-6-7-24-12(9)13(22)21-15(2,14(20)23)10-4-3-5-11(8-10)16(17,18)19/h3-8H,1-2H3,(H2,20,23)(H,21,22). The quantitative estimate of drug-likeness (QED) is 0.897.